The number of hydrogen-bond acceptors (Lipinski definition) is 3. The smallest absolute Gasteiger partial charge is 0.449 e. The number of amides is 1. The van der Waals surface area contributed by atoms with Crippen molar-refractivity contribution in [3.8, 4) is 0 Å². The van der Waals surface area contributed by atoms with Crippen LogP contribution in [0.5, 0.6) is 0 Å². The Bertz CT molecular complexity index is 1100. The topological polar surface area (TPSA) is 70.9 Å². The minimum Gasteiger partial charge on any atom is -0.472 e. The maximum atomic E-state index is 12.9. The van der Waals surface area contributed by atoms with Crippen LogP contribution in [0.1, 0.15) is 33.4 Å². The summed E-state index contributed by atoms with van der Waals surface area (Å²) in [5.41, 5.74) is 2.19. The molecule has 2 aromatic carbocycles. The molecule has 4 aromatic rings. The molecule has 0 saturated heterocycles. The van der Waals surface area contributed by atoms with E-state index in [9.17, 15) is 18.0 Å². The molecule has 2 N–H and O–H groups in total. The van der Waals surface area contributed by atoms with Gasteiger partial charge in [-0.2, -0.15) is 13.2 Å². The third kappa shape index (κ3) is 3.48. The van der Waals surface area contributed by atoms with Crippen molar-refractivity contribution < 1.29 is 22.4 Å². The number of benzene rings is 2. The Kier molecular flexibility index (Phi) is 4.38. The fraction of sp³-hybridized carbons (Fsp3) is 0.100. The first-order chi connectivity index (χ1) is 13.4. The Morgan fingerprint density at radius 3 is 2.54 bits per heavy atom. The second kappa shape index (κ2) is 6.88. The Morgan fingerprint density at radius 1 is 1.07 bits per heavy atom. The molecule has 2 aromatic heterocycles. The van der Waals surface area contributed by atoms with Crippen LogP contribution < -0.4 is 5.32 Å². The highest BCUT2D eigenvalue weighted by atomic mass is 19.4. The third-order valence-electron chi connectivity index (χ3n) is 4.30. The van der Waals surface area contributed by atoms with E-state index in [-0.39, 0.29) is 16.9 Å². The van der Waals surface area contributed by atoms with Gasteiger partial charge in [-0.3, -0.25) is 4.79 Å². The Morgan fingerprint density at radius 2 is 1.86 bits per heavy atom. The molecule has 1 amide bonds. The molecule has 1 unspecified atom stereocenters. The molecule has 0 radical (unpaired) electrons. The molecule has 0 spiro atoms. The van der Waals surface area contributed by atoms with Crippen LogP contribution >= 0.6 is 0 Å². The Balaban J connectivity index is 1.74. The molecule has 2 heterocycles. The molecule has 0 saturated carbocycles. The van der Waals surface area contributed by atoms with Crippen molar-refractivity contribution >= 4 is 16.9 Å². The van der Waals surface area contributed by atoms with Crippen LogP contribution in [0.25, 0.3) is 11.0 Å². The summed E-state index contributed by atoms with van der Waals surface area (Å²) in [4.78, 5) is 18.4. The highest BCUT2D eigenvalue weighted by Gasteiger charge is 2.34. The second-order valence-corrected chi connectivity index (χ2v) is 6.19. The Hall–Kier alpha value is -3.55. The van der Waals surface area contributed by atoms with Crippen LogP contribution in [0.2, 0.25) is 0 Å². The van der Waals surface area contributed by atoms with Gasteiger partial charge in [0.05, 0.1) is 28.9 Å². The predicted molar refractivity (Wildman–Crippen MR) is 95.6 cm³/mol. The number of aromatic amines is 1. The summed E-state index contributed by atoms with van der Waals surface area (Å²) >= 11 is 0. The van der Waals surface area contributed by atoms with E-state index >= 15 is 0 Å². The first kappa shape index (κ1) is 17.8. The fourth-order valence-corrected chi connectivity index (χ4v) is 2.95. The highest BCUT2D eigenvalue weighted by molar-refractivity contribution is 5.94. The minimum atomic E-state index is -4.56. The van der Waals surface area contributed by atoms with Crippen molar-refractivity contribution in [1.29, 1.82) is 0 Å². The SMILES string of the molecule is O=C(NC(c1ccccc1)c1ccc2nc(C(F)(F)F)[nH]c2c1)c1ccoc1. The summed E-state index contributed by atoms with van der Waals surface area (Å²) < 4.78 is 43.7. The highest BCUT2D eigenvalue weighted by Crippen LogP contribution is 2.30. The number of furan rings is 1. The van der Waals surface area contributed by atoms with E-state index in [2.05, 4.69) is 15.3 Å². The molecule has 1 atom stereocenters. The van der Waals surface area contributed by atoms with Crippen LogP contribution in [0.4, 0.5) is 13.2 Å². The van der Waals surface area contributed by atoms with Gasteiger partial charge in [0.1, 0.15) is 6.26 Å². The zero-order valence-corrected chi connectivity index (χ0v) is 14.3. The average molecular weight is 385 g/mol. The van der Waals surface area contributed by atoms with Gasteiger partial charge in [-0.1, -0.05) is 36.4 Å². The molecule has 5 nitrogen and oxygen atoms in total. The summed E-state index contributed by atoms with van der Waals surface area (Å²) in [5.74, 6) is -1.42. The van der Waals surface area contributed by atoms with Gasteiger partial charge in [-0.25, -0.2) is 4.98 Å². The lowest BCUT2D eigenvalue weighted by atomic mass is 9.98. The maximum Gasteiger partial charge on any atom is 0.449 e. The van der Waals surface area contributed by atoms with E-state index in [0.717, 1.165) is 5.56 Å². The lowest BCUT2D eigenvalue weighted by Crippen LogP contribution is -2.29. The van der Waals surface area contributed by atoms with Crippen LogP contribution in [0.3, 0.4) is 0 Å². The number of H-pyrrole nitrogens is 1. The van der Waals surface area contributed by atoms with Crippen LogP contribution in [-0.2, 0) is 6.18 Å². The molecule has 0 bridgehead atoms. The number of hydrogen-bond donors (Lipinski definition) is 2. The van der Waals surface area contributed by atoms with Crippen molar-refractivity contribution in [3.05, 3.63) is 89.6 Å². The second-order valence-electron chi connectivity index (χ2n) is 6.19. The molecule has 0 fully saturated rings. The molecule has 8 heteroatoms. The number of alkyl halides is 3. The van der Waals surface area contributed by atoms with Crippen molar-refractivity contribution in [2.45, 2.75) is 12.2 Å². The number of aromatic nitrogens is 2. The summed E-state index contributed by atoms with van der Waals surface area (Å²) in [7, 11) is 0. The number of fused-ring (bicyclic) bond motifs is 1. The van der Waals surface area contributed by atoms with Gasteiger partial charge in [-0.15, -0.1) is 0 Å². The number of nitrogens with zero attached hydrogens (tertiary/aromatic N) is 1. The van der Waals surface area contributed by atoms with E-state index in [1.807, 2.05) is 30.3 Å². The number of rotatable bonds is 4. The van der Waals surface area contributed by atoms with Crippen LogP contribution in [0.15, 0.2) is 71.5 Å². The number of nitrogens with one attached hydrogen (secondary N) is 2. The van der Waals surface area contributed by atoms with Gasteiger partial charge in [-0.05, 0) is 29.3 Å². The molecule has 0 aliphatic rings. The predicted octanol–water partition coefficient (Wildman–Crippen LogP) is 4.69. The van der Waals surface area contributed by atoms with Gasteiger partial charge in [0.2, 0.25) is 5.82 Å². The zero-order chi connectivity index (χ0) is 19.7. The quantitative estimate of drug-likeness (QED) is 0.535. The molecular weight excluding hydrogens is 371 g/mol. The monoisotopic (exact) mass is 385 g/mol. The van der Waals surface area contributed by atoms with Gasteiger partial charge >= 0.3 is 6.18 Å². The molecule has 0 aliphatic carbocycles. The molecule has 4 rings (SSSR count). The number of carbonyl (C=O) groups is 1. The van der Waals surface area contributed by atoms with Crippen molar-refractivity contribution in [1.82, 2.24) is 15.3 Å². The molecule has 142 valence electrons. The lowest BCUT2D eigenvalue weighted by molar-refractivity contribution is -0.144. The number of imidazole rings is 1. The van der Waals surface area contributed by atoms with Crippen molar-refractivity contribution in [3.63, 3.8) is 0 Å². The standard InChI is InChI=1S/C20H14F3N3O2/c21-20(22,23)19-24-15-7-6-13(10-16(15)25-19)17(12-4-2-1-3-5-12)26-18(27)14-8-9-28-11-14/h1-11,17H,(H,24,25)(H,26,27). The third-order valence-corrected chi connectivity index (χ3v) is 4.30. The van der Waals surface area contributed by atoms with Gasteiger partial charge in [0, 0.05) is 0 Å². The summed E-state index contributed by atoms with van der Waals surface area (Å²) in [6, 6.07) is 14.8. The van der Waals surface area contributed by atoms with Gasteiger partial charge in [0.25, 0.3) is 5.91 Å². The van der Waals surface area contributed by atoms with Gasteiger partial charge in [0.15, 0.2) is 0 Å². The number of carbonyl (C=O) groups excluding carboxylic acids is 1. The summed E-state index contributed by atoms with van der Waals surface area (Å²) in [6.07, 6.45) is -1.85. The van der Waals surface area contributed by atoms with Crippen LogP contribution in [0, 0.1) is 0 Å². The first-order valence-electron chi connectivity index (χ1n) is 8.37. The normalized spacial score (nSPS) is 12.8. The van der Waals surface area contributed by atoms with Gasteiger partial charge < -0.3 is 14.7 Å². The zero-order valence-electron chi connectivity index (χ0n) is 14.3. The van der Waals surface area contributed by atoms with E-state index in [4.69, 9.17) is 4.42 Å². The molecule has 0 aliphatic heterocycles. The number of halogens is 3. The molecule has 28 heavy (non-hydrogen) atoms. The first-order valence-corrected chi connectivity index (χ1v) is 8.37. The summed E-state index contributed by atoms with van der Waals surface area (Å²) in [5, 5.41) is 2.90. The van der Waals surface area contributed by atoms with Crippen molar-refractivity contribution in [2.75, 3.05) is 0 Å². The summed E-state index contributed by atoms with van der Waals surface area (Å²) in [6.45, 7) is 0. The van der Waals surface area contributed by atoms with E-state index in [1.54, 1.807) is 12.1 Å². The average Bonchev–Trinajstić information content (AvgIpc) is 3.35. The maximum absolute atomic E-state index is 12.9. The van der Waals surface area contributed by atoms with E-state index < -0.39 is 18.0 Å². The lowest BCUT2D eigenvalue weighted by Gasteiger charge is -2.19. The fourth-order valence-electron chi connectivity index (χ4n) is 2.95. The van der Waals surface area contributed by atoms with E-state index in [0.29, 0.717) is 11.1 Å². The van der Waals surface area contributed by atoms with E-state index in [1.165, 1.54) is 24.7 Å². The van der Waals surface area contributed by atoms with Crippen molar-refractivity contribution in [2.24, 2.45) is 0 Å². The van der Waals surface area contributed by atoms with Crippen LogP contribution in [-0.4, -0.2) is 15.9 Å². The molecular formula is C20H14F3N3O2. The minimum absolute atomic E-state index is 0.198. The Labute approximate surface area is 157 Å². The largest absolute Gasteiger partial charge is 0.472 e.